The van der Waals surface area contributed by atoms with Gasteiger partial charge in [0.1, 0.15) is 17.2 Å². The highest BCUT2D eigenvalue weighted by atomic mass is 16.5. The second-order valence-electron chi connectivity index (χ2n) is 3.33. The summed E-state index contributed by atoms with van der Waals surface area (Å²) < 4.78 is 19.4. The van der Waals surface area contributed by atoms with Crippen LogP contribution in [0.4, 0.5) is 0 Å². The van der Waals surface area contributed by atoms with Crippen LogP contribution < -0.4 is 14.2 Å². The largest absolute Gasteiger partial charge is 0.496 e. The van der Waals surface area contributed by atoms with Gasteiger partial charge in [0.05, 0.1) is 21.3 Å². The van der Waals surface area contributed by atoms with E-state index in [-0.39, 0.29) is 5.75 Å². The van der Waals surface area contributed by atoms with Crippen LogP contribution in [-0.2, 0) is 14.3 Å². The molecule has 1 aromatic rings. The lowest BCUT2D eigenvalue weighted by atomic mass is 10.3. The number of hydrogen-bond donors (Lipinski definition) is 0. The molecule has 0 saturated carbocycles. The average molecular weight is 266 g/mol. The van der Waals surface area contributed by atoms with Crippen LogP contribution in [0.3, 0.4) is 0 Å². The SMILES string of the molecule is COC(=O)/C=C/C(=O)Oc1cc(OC)cc(OC)c1. The Morgan fingerprint density at radius 2 is 1.32 bits per heavy atom. The fourth-order valence-corrected chi connectivity index (χ4v) is 1.19. The molecule has 0 bridgehead atoms. The van der Waals surface area contributed by atoms with Crippen molar-refractivity contribution >= 4 is 11.9 Å². The molecule has 0 unspecified atom stereocenters. The Balaban J connectivity index is 2.78. The summed E-state index contributed by atoms with van der Waals surface area (Å²) in [7, 11) is 4.18. The van der Waals surface area contributed by atoms with E-state index in [2.05, 4.69) is 4.74 Å². The molecule has 1 rings (SSSR count). The fourth-order valence-electron chi connectivity index (χ4n) is 1.19. The number of rotatable bonds is 5. The van der Waals surface area contributed by atoms with Crippen molar-refractivity contribution in [2.75, 3.05) is 21.3 Å². The maximum Gasteiger partial charge on any atom is 0.336 e. The second-order valence-corrected chi connectivity index (χ2v) is 3.33. The van der Waals surface area contributed by atoms with Gasteiger partial charge in [0.15, 0.2) is 0 Å². The van der Waals surface area contributed by atoms with Gasteiger partial charge in [-0.2, -0.15) is 0 Å². The Labute approximate surface area is 110 Å². The summed E-state index contributed by atoms with van der Waals surface area (Å²) >= 11 is 0. The summed E-state index contributed by atoms with van der Waals surface area (Å²) in [6, 6.07) is 4.68. The predicted octanol–water partition coefficient (Wildman–Crippen LogP) is 1.34. The van der Waals surface area contributed by atoms with E-state index in [4.69, 9.17) is 14.2 Å². The van der Waals surface area contributed by atoms with Crippen molar-refractivity contribution in [1.29, 1.82) is 0 Å². The van der Waals surface area contributed by atoms with Gasteiger partial charge in [0, 0.05) is 30.4 Å². The van der Waals surface area contributed by atoms with Gasteiger partial charge in [-0.3, -0.25) is 0 Å². The van der Waals surface area contributed by atoms with Crippen molar-refractivity contribution in [3.63, 3.8) is 0 Å². The molecule has 0 aliphatic carbocycles. The molecular weight excluding hydrogens is 252 g/mol. The lowest BCUT2D eigenvalue weighted by molar-refractivity contribution is -0.135. The highest BCUT2D eigenvalue weighted by Crippen LogP contribution is 2.27. The van der Waals surface area contributed by atoms with E-state index < -0.39 is 11.9 Å². The van der Waals surface area contributed by atoms with Crippen LogP contribution in [0, 0.1) is 0 Å². The molecule has 0 aliphatic heterocycles. The molecular formula is C13H14O6. The number of methoxy groups -OCH3 is 3. The zero-order valence-corrected chi connectivity index (χ0v) is 10.8. The molecule has 0 spiro atoms. The summed E-state index contributed by atoms with van der Waals surface area (Å²) in [4.78, 5) is 22.2. The van der Waals surface area contributed by atoms with E-state index in [0.29, 0.717) is 11.5 Å². The summed E-state index contributed by atoms with van der Waals surface area (Å²) in [5, 5.41) is 0. The predicted molar refractivity (Wildman–Crippen MR) is 66.3 cm³/mol. The molecule has 0 heterocycles. The highest BCUT2D eigenvalue weighted by Gasteiger charge is 2.06. The van der Waals surface area contributed by atoms with Crippen molar-refractivity contribution in [2.24, 2.45) is 0 Å². The lowest BCUT2D eigenvalue weighted by Crippen LogP contribution is -2.06. The number of esters is 2. The Kier molecular flexibility index (Phi) is 5.40. The molecule has 6 heteroatoms. The zero-order valence-electron chi connectivity index (χ0n) is 10.8. The van der Waals surface area contributed by atoms with E-state index in [1.165, 1.54) is 33.5 Å². The summed E-state index contributed by atoms with van der Waals surface area (Å²) in [6.07, 6.45) is 1.94. The Morgan fingerprint density at radius 3 is 1.79 bits per heavy atom. The molecule has 0 fully saturated rings. The van der Waals surface area contributed by atoms with Gasteiger partial charge in [-0.15, -0.1) is 0 Å². The number of hydrogen-bond acceptors (Lipinski definition) is 6. The van der Waals surface area contributed by atoms with Crippen molar-refractivity contribution in [3.05, 3.63) is 30.4 Å². The van der Waals surface area contributed by atoms with Crippen LogP contribution >= 0.6 is 0 Å². The first kappa shape index (κ1) is 14.6. The van der Waals surface area contributed by atoms with Crippen molar-refractivity contribution in [1.82, 2.24) is 0 Å². The van der Waals surface area contributed by atoms with Gasteiger partial charge in [-0.05, 0) is 0 Å². The summed E-state index contributed by atoms with van der Waals surface area (Å²) in [5.41, 5.74) is 0. The second kappa shape index (κ2) is 7.05. The standard InChI is InChI=1S/C13H14O6/c1-16-9-6-10(17-2)8-11(7-9)19-13(15)5-4-12(14)18-3/h4-8H,1-3H3/b5-4+. The molecule has 0 aromatic heterocycles. The third-order valence-corrected chi connectivity index (χ3v) is 2.10. The fraction of sp³-hybridized carbons (Fsp3) is 0.231. The van der Waals surface area contributed by atoms with Gasteiger partial charge in [-0.1, -0.05) is 0 Å². The number of carbonyl (C=O) groups is 2. The Hall–Kier alpha value is -2.50. The van der Waals surface area contributed by atoms with Crippen molar-refractivity contribution in [3.8, 4) is 17.2 Å². The quantitative estimate of drug-likeness (QED) is 0.455. The third kappa shape index (κ3) is 4.71. The first-order valence-electron chi connectivity index (χ1n) is 5.30. The van der Waals surface area contributed by atoms with Crippen molar-refractivity contribution < 1.29 is 28.5 Å². The molecule has 102 valence electrons. The van der Waals surface area contributed by atoms with Crippen LogP contribution in [-0.4, -0.2) is 33.3 Å². The maximum atomic E-state index is 11.4. The molecule has 0 amide bonds. The van der Waals surface area contributed by atoms with Gasteiger partial charge in [0.25, 0.3) is 0 Å². The van der Waals surface area contributed by atoms with Crippen LogP contribution in [0.25, 0.3) is 0 Å². The normalized spacial score (nSPS) is 10.1. The van der Waals surface area contributed by atoms with Crippen LogP contribution in [0.2, 0.25) is 0 Å². The Bertz CT molecular complexity index is 470. The molecule has 0 atom stereocenters. The van der Waals surface area contributed by atoms with E-state index in [1.807, 2.05) is 0 Å². The smallest absolute Gasteiger partial charge is 0.336 e. The number of benzene rings is 1. The van der Waals surface area contributed by atoms with E-state index in [9.17, 15) is 9.59 Å². The summed E-state index contributed by atoms with van der Waals surface area (Å²) in [5.74, 6) is -0.130. The number of ether oxygens (including phenoxy) is 4. The Morgan fingerprint density at radius 1 is 0.842 bits per heavy atom. The minimum Gasteiger partial charge on any atom is -0.496 e. The monoisotopic (exact) mass is 266 g/mol. The van der Waals surface area contributed by atoms with Crippen LogP contribution in [0.15, 0.2) is 30.4 Å². The van der Waals surface area contributed by atoms with E-state index in [0.717, 1.165) is 12.2 Å². The van der Waals surface area contributed by atoms with E-state index in [1.54, 1.807) is 6.07 Å². The lowest BCUT2D eigenvalue weighted by Gasteiger charge is -2.07. The third-order valence-electron chi connectivity index (χ3n) is 2.10. The molecule has 0 radical (unpaired) electrons. The van der Waals surface area contributed by atoms with Gasteiger partial charge in [-0.25, -0.2) is 9.59 Å². The maximum absolute atomic E-state index is 11.4. The van der Waals surface area contributed by atoms with E-state index >= 15 is 0 Å². The van der Waals surface area contributed by atoms with Crippen LogP contribution in [0.1, 0.15) is 0 Å². The summed E-state index contributed by atoms with van der Waals surface area (Å²) in [6.45, 7) is 0. The number of carbonyl (C=O) groups excluding carboxylic acids is 2. The van der Waals surface area contributed by atoms with Crippen LogP contribution in [0.5, 0.6) is 17.2 Å². The highest BCUT2D eigenvalue weighted by molar-refractivity contribution is 5.92. The molecule has 6 nitrogen and oxygen atoms in total. The van der Waals surface area contributed by atoms with Crippen molar-refractivity contribution in [2.45, 2.75) is 0 Å². The minimum absolute atomic E-state index is 0.246. The first-order valence-corrected chi connectivity index (χ1v) is 5.30. The van der Waals surface area contributed by atoms with Gasteiger partial charge < -0.3 is 18.9 Å². The topological polar surface area (TPSA) is 71.1 Å². The molecule has 19 heavy (non-hydrogen) atoms. The van der Waals surface area contributed by atoms with Gasteiger partial charge in [0.2, 0.25) is 0 Å². The molecule has 0 saturated heterocycles. The minimum atomic E-state index is -0.708. The molecule has 0 aliphatic rings. The first-order chi connectivity index (χ1) is 9.08. The zero-order chi connectivity index (χ0) is 14.3. The van der Waals surface area contributed by atoms with Gasteiger partial charge >= 0.3 is 11.9 Å². The molecule has 0 N–H and O–H groups in total. The average Bonchev–Trinajstić information content (AvgIpc) is 2.44. The molecule has 1 aromatic carbocycles.